The Bertz CT molecular complexity index is 167. The van der Waals surface area contributed by atoms with Crippen molar-refractivity contribution >= 4 is 0 Å². The van der Waals surface area contributed by atoms with E-state index in [1.807, 2.05) is 6.08 Å². The average Bonchev–Trinajstić information content (AvgIpc) is 2.14. The lowest BCUT2D eigenvalue weighted by molar-refractivity contribution is 0.00390. The average molecular weight is 166 g/mol. The molecule has 2 heteroatoms. The van der Waals surface area contributed by atoms with Gasteiger partial charge in [0, 0.05) is 25.7 Å². The van der Waals surface area contributed by atoms with Crippen molar-refractivity contribution in [2.45, 2.75) is 18.9 Å². The summed E-state index contributed by atoms with van der Waals surface area (Å²) in [5, 5.41) is 0. The molecule has 2 aliphatic heterocycles. The van der Waals surface area contributed by atoms with Crippen LogP contribution in [0.3, 0.4) is 0 Å². The largest absolute Gasteiger partial charge is 0.327 e. The molecule has 2 nitrogen and oxygen atoms in total. The molecule has 68 valence electrons. The van der Waals surface area contributed by atoms with Gasteiger partial charge in [0.25, 0.3) is 0 Å². The van der Waals surface area contributed by atoms with Crippen molar-refractivity contribution in [1.29, 1.82) is 0 Å². The Morgan fingerprint density at radius 3 is 2.58 bits per heavy atom. The van der Waals surface area contributed by atoms with E-state index in [4.69, 9.17) is 5.73 Å². The van der Waals surface area contributed by atoms with Crippen LogP contribution < -0.4 is 5.73 Å². The van der Waals surface area contributed by atoms with Crippen molar-refractivity contribution in [2.24, 2.45) is 17.6 Å². The summed E-state index contributed by atoms with van der Waals surface area (Å²) in [4.78, 5) is 2.53. The van der Waals surface area contributed by atoms with E-state index >= 15 is 0 Å². The van der Waals surface area contributed by atoms with Gasteiger partial charge in [0.1, 0.15) is 0 Å². The predicted molar refractivity (Wildman–Crippen MR) is 50.8 cm³/mol. The number of hydrogen-bond acceptors (Lipinski definition) is 2. The van der Waals surface area contributed by atoms with Crippen LogP contribution in [0.4, 0.5) is 0 Å². The monoisotopic (exact) mass is 166 g/mol. The number of nitrogens with zero attached hydrogens (tertiary/aromatic N) is 1. The third-order valence-electron chi connectivity index (χ3n) is 3.33. The smallest absolute Gasteiger partial charge is 0.0120 e. The zero-order chi connectivity index (χ0) is 8.55. The fraction of sp³-hybridized carbons (Fsp3) is 0.800. The van der Waals surface area contributed by atoms with Gasteiger partial charge in [-0.1, -0.05) is 6.08 Å². The minimum absolute atomic E-state index is 0.519. The molecule has 2 heterocycles. The minimum Gasteiger partial charge on any atom is -0.327 e. The molecule has 1 saturated carbocycles. The van der Waals surface area contributed by atoms with Crippen LogP contribution in [0, 0.1) is 11.8 Å². The normalized spacial score (nSPS) is 40.6. The van der Waals surface area contributed by atoms with Gasteiger partial charge in [0.05, 0.1) is 0 Å². The molecule has 2 atom stereocenters. The molecule has 0 spiro atoms. The summed E-state index contributed by atoms with van der Waals surface area (Å²) in [5.74, 6) is 1.60. The Labute approximate surface area is 74.4 Å². The van der Waals surface area contributed by atoms with Crippen molar-refractivity contribution in [3.63, 3.8) is 0 Å². The topological polar surface area (TPSA) is 29.3 Å². The van der Waals surface area contributed by atoms with Crippen LogP contribution in [0.15, 0.2) is 12.7 Å². The predicted octanol–water partition coefficient (Wildman–Crippen LogP) is 0.841. The third kappa shape index (κ3) is 1.29. The summed E-state index contributed by atoms with van der Waals surface area (Å²) in [7, 11) is 0. The first kappa shape index (κ1) is 8.27. The van der Waals surface area contributed by atoms with E-state index in [2.05, 4.69) is 11.5 Å². The van der Waals surface area contributed by atoms with Crippen molar-refractivity contribution in [3.05, 3.63) is 12.7 Å². The number of fused-ring (bicyclic) bond motifs is 2. The van der Waals surface area contributed by atoms with Crippen LogP contribution in [0.2, 0.25) is 0 Å². The first-order chi connectivity index (χ1) is 5.81. The lowest BCUT2D eigenvalue weighted by atomic mass is 9.67. The van der Waals surface area contributed by atoms with Crippen molar-refractivity contribution in [1.82, 2.24) is 4.90 Å². The lowest BCUT2D eigenvalue weighted by Crippen LogP contribution is -2.61. The van der Waals surface area contributed by atoms with E-state index in [1.54, 1.807) is 0 Å². The summed E-state index contributed by atoms with van der Waals surface area (Å²) in [6, 6.07) is 0.519. The minimum atomic E-state index is 0.519. The van der Waals surface area contributed by atoms with Gasteiger partial charge in [0.15, 0.2) is 0 Å². The van der Waals surface area contributed by atoms with Crippen LogP contribution in [0.25, 0.3) is 0 Å². The van der Waals surface area contributed by atoms with Crippen molar-refractivity contribution < 1.29 is 0 Å². The van der Waals surface area contributed by atoms with Gasteiger partial charge in [0.2, 0.25) is 0 Å². The first-order valence-corrected chi connectivity index (χ1v) is 4.90. The van der Waals surface area contributed by atoms with E-state index in [0.29, 0.717) is 6.04 Å². The maximum absolute atomic E-state index is 5.97. The van der Waals surface area contributed by atoms with Gasteiger partial charge in [-0.2, -0.15) is 0 Å². The summed E-state index contributed by atoms with van der Waals surface area (Å²) < 4.78 is 0. The molecule has 3 aliphatic rings. The second kappa shape index (κ2) is 3.19. The molecule has 2 unspecified atom stereocenters. The zero-order valence-electron chi connectivity index (χ0n) is 7.58. The molecule has 0 radical (unpaired) electrons. The summed E-state index contributed by atoms with van der Waals surface area (Å²) in [6.07, 6.45) is 4.50. The number of rotatable bonds is 3. The second-order valence-electron chi connectivity index (χ2n) is 4.17. The Morgan fingerprint density at radius 1 is 1.42 bits per heavy atom. The highest BCUT2D eigenvalue weighted by atomic mass is 15.2. The van der Waals surface area contributed by atoms with E-state index < -0.39 is 0 Å². The number of hydrogen-bond donors (Lipinski definition) is 1. The van der Waals surface area contributed by atoms with Crippen molar-refractivity contribution in [2.75, 3.05) is 19.6 Å². The molecule has 2 saturated heterocycles. The number of nitrogens with two attached hydrogens (primary N) is 1. The maximum Gasteiger partial charge on any atom is 0.0120 e. The standard InChI is InChI=1S/C10H18N2/c1-2-3-4-12-6-8-5-9(7-12)10(8)11/h2,8-10H,1,3-7,11H2. The molecule has 0 aromatic carbocycles. The molecule has 0 amide bonds. The molecule has 3 fully saturated rings. The highest BCUT2D eigenvalue weighted by molar-refractivity contribution is 4.99. The fourth-order valence-electron chi connectivity index (χ4n) is 2.48. The Kier molecular flexibility index (Phi) is 2.20. The second-order valence-corrected chi connectivity index (χ2v) is 4.17. The Morgan fingerprint density at radius 2 is 2.08 bits per heavy atom. The summed E-state index contributed by atoms with van der Waals surface area (Å²) in [6.45, 7) is 7.38. The van der Waals surface area contributed by atoms with Crippen LogP contribution in [0.1, 0.15) is 12.8 Å². The maximum atomic E-state index is 5.97. The van der Waals surface area contributed by atoms with E-state index in [0.717, 1.165) is 18.3 Å². The van der Waals surface area contributed by atoms with Crippen molar-refractivity contribution in [3.8, 4) is 0 Å². The summed E-state index contributed by atoms with van der Waals surface area (Å²) >= 11 is 0. The molecule has 2 bridgehead atoms. The highest BCUT2D eigenvalue weighted by Gasteiger charge is 2.43. The fourth-order valence-corrected chi connectivity index (χ4v) is 2.48. The van der Waals surface area contributed by atoms with Gasteiger partial charge >= 0.3 is 0 Å². The van der Waals surface area contributed by atoms with Gasteiger partial charge in [-0.15, -0.1) is 6.58 Å². The molecular weight excluding hydrogens is 148 g/mol. The molecular formula is C10H18N2. The highest BCUT2D eigenvalue weighted by Crippen LogP contribution is 2.38. The lowest BCUT2D eigenvalue weighted by Gasteiger charge is -2.52. The number of piperidine rings is 2. The quantitative estimate of drug-likeness (QED) is 0.630. The van der Waals surface area contributed by atoms with Gasteiger partial charge in [-0.25, -0.2) is 0 Å². The van der Waals surface area contributed by atoms with Gasteiger partial charge in [-0.3, -0.25) is 0 Å². The van der Waals surface area contributed by atoms with E-state index in [1.165, 1.54) is 26.1 Å². The molecule has 12 heavy (non-hydrogen) atoms. The molecule has 1 aliphatic carbocycles. The van der Waals surface area contributed by atoms with E-state index in [-0.39, 0.29) is 0 Å². The van der Waals surface area contributed by atoms with Crippen LogP contribution in [-0.4, -0.2) is 30.6 Å². The van der Waals surface area contributed by atoms with Gasteiger partial charge < -0.3 is 10.6 Å². The SMILES string of the molecule is C=CCCN1CC2CC(C1)C2N. The molecule has 0 aromatic heterocycles. The van der Waals surface area contributed by atoms with Crippen LogP contribution in [0.5, 0.6) is 0 Å². The molecule has 0 aromatic rings. The Balaban J connectivity index is 1.79. The molecule has 2 N–H and O–H groups in total. The van der Waals surface area contributed by atoms with Crippen LogP contribution >= 0.6 is 0 Å². The first-order valence-electron chi connectivity index (χ1n) is 4.90. The third-order valence-corrected chi connectivity index (χ3v) is 3.33. The van der Waals surface area contributed by atoms with Crippen LogP contribution in [-0.2, 0) is 0 Å². The zero-order valence-corrected chi connectivity index (χ0v) is 7.58. The molecule has 3 rings (SSSR count). The van der Waals surface area contributed by atoms with E-state index in [9.17, 15) is 0 Å². The van der Waals surface area contributed by atoms with Gasteiger partial charge in [-0.05, 0) is 24.7 Å². The summed E-state index contributed by atoms with van der Waals surface area (Å²) in [5.41, 5.74) is 5.97. The Hall–Kier alpha value is -0.340.